The second-order valence-electron chi connectivity index (χ2n) is 7.51. The van der Waals surface area contributed by atoms with Crippen LogP contribution in [-0.2, 0) is 16.0 Å². The maximum atomic E-state index is 14.0. The normalized spacial score (nSPS) is 17.9. The van der Waals surface area contributed by atoms with Crippen molar-refractivity contribution in [2.45, 2.75) is 19.8 Å². The smallest absolute Gasteiger partial charge is 0.227 e. The lowest BCUT2D eigenvalue weighted by Gasteiger charge is -2.23. The van der Waals surface area contributed by atoms with Gasteiger partial charge in [-0.3, -0.25) is 9.59 Å². The molecule has 2 amide bonds. The Morgan fingerprint density at radius 3 is 2.52 bits per heavy atom. The Bertz CT molecular complexity index is 853. The number of nitrogens with zero attached hydrogens (tertiary/aromatic N) is 2. The lowest BCUT2D eigenvalue weighted by atomic mass is 9.95. The van der Waals surface area contributed by atoms with Gasteiger partial charge in [-0.1, -0.05) is 42.5 Å². The number of carbonyl (C=O) groups excluding carboxylic acids is 2. The lowest BCUT2D eigenvalue weighted by molar-refractivity contribution is -0.134. The molecule has 3 rings (SSSR count). The maximum absolute atomic E-state index is 14.0. The van der Waals surface area contributed by atoms with E-state index in [9.17, 15) is 14.0 Å². The molecule has 29 heavy (non-hydrogen) atoms. The first-order valence-electron chi connectivity index (χ1n) is 10.1. The number of amides is 2. The number of rotatable bonds is 7. The van der Waals surface area contributed by atoms with Crippen LogP contribution in [0.25, 0.3) is 11.1 Å². The van der Waals surface area contributed by atoms with Gasteiger partial charge >= 0.3 is 0 Å². The Morgan fingerprint density at radius 1 is 1.14 bits per heavy atom. The van der Waals surface area contributed by atoms with Crippen LogP contribution in [0.1, 0.15) is 18.9 Å². The van der Waals surface area contributed by atoms with Crippen molar-refractivity contribution in [3.63, 3.8) is 0 Å². The average molecular weight is 397 g/mol. The highest BCUT2D eigenvalue weighted by Gasteiger charge is 2.29. The third-order valence-corrected chi connectivity index (χ3v) is 5.50. The number of primary amides is 1. The second kappa shape index (κ2) is 9.65. The molecule has 0 radical (unpaired) electrons. The number of hydrogen-bond acceptors (Lipinski definition) is 3. The zero-order chi connectivity index (χ0) is 20.8. The number of nitrogens with two attached hydrogens (primary N) is 1. The molecule has 1 fully saturated rings. The summed E-state index contributed by atoms with van der Waals surface area (Å²) >= 11 is 0. The van der Waals surface area contributed by atoms with E-state index in [1.54, 1.807) is 12.1 Å². The van der Waals surface area contributed by atoms with Crippen LogP contribution in [0.4, 0.5) is 4.39 Å². The van der Waals surface area contributed by atoms with E-state index in [-0.39, 0.29) is 23.5 Å². The van der Waals surface area contributed by atoms with Crippen molar-refractivity contribution < 1.29 is 14.0 Å². The average Bonchev–Trinajstić information content (AvgIpc) is 2.86. The minimum atomic E-state index is -0.326. The van der Waals surface area contributed by atoms with Crippen molar-refractivity contribution in [2.24, 2.45) is 11.7 Å². The zero-order valence-electron chi connectivity index (χ0n) is 16.8. The summed E-state index contributed by atoms with van der Waals surface area (Å²) in [4.78, 5) is 28.1. The minimum absolute atomic E-state index is 0.146. The molecule has 6 heteroatoms. The first-order chi connectivity index (χ1) is 14.0. The summed E-state index contributed by atoms with van der Waals surface area (Å²) in [5, 5.41) is 0. The fourth-order valence-electron chi connectivity index (χ4n) is 3.85. The van der Waals surface area contributed by atoms with Gasteiger partial charge in [0.1, 0.15) is 5.82 Å². The number of halogens is 1. The molecule has 0 aromatic heterocycles. The van der Waals surface area contributed by atoms with Gasteiger partial charge < -0.3 is 15.5 Å². The van der Waals surface area contributed by atoms with Gasteiger partial charge in [-0.15, -0.1) is 0 Å². The third-order valence-electron chi connectivity index (χ3n) is 5.50. The molecule has 1 atom stereocenters. The van der Waals surface area contributed by atoms with Crippen molar-refractivity contribution in [3.05, 3.63) is 59.9 Å². The summed E-state index contributed by atoms with van der Waals surface area (Å²) in [7, 11) is 0. The van der Waals surface area contributed by atoms with Gasteiger partial charge in [0.2, 0.25) is 11.8 Å². The molecule has 1 saturated heterocycles. The molecule has 0 spiro atoms. The van der Waals surface area contributed by atoms with E-state index < -0.39 is 0 Å². The Morgan fingerprint density at radius 2 is 1.86 bits per heavy atom. The van der Waals surface area contributed by atoms with Gasteiger partial charge in [0.15, 0.2) is 0 Å². The standard InChI is InChI=1S/C23H28FN3O2/c1-2-27-14-13-26(12-11-22(25)28)16-19(23(27)29)15-17-7-9-18(10-8-17)20-5-3-4-6-21(20)24/h3-10,19H,2,11-16H2,1H3,(H2,25,28). The van der Waals surface area contributed by atoms with Crippen LogP contribution < -0.4 is 5.73 Å². The van der Waals surface area contributed by atoms with Gasteiger partial charge in [0.05, 0.1) is 5.92 Å². The predicted octanol–water partition coefficient (Wildman–Crippen LogP) is 2.69. The molecule has 5 nitrogen and oxygen atoms in total. The van der Waals surface area contributed by atoms with E-state index in [1.165, 1.54) is 6.07 Å². The summed E-state index contributed by atoms with van der Waals surface area (Å²) in [6.07, 6.45) is 0.907. The van der Waals surface area contributed by atoms with Gasteiger partial charge in [-0.2, -0.15) is 0 Å². The molecular formula is C23H28FN3O2. The van der Waals surface area contributed by atoms with Crippen LogP contribution in [0.2, 0.25) is 0 Å². The first-order valence-corrected chi connectivity index (χ1v) is 10.1. The highest BCUT2D eigenvalue weighted by Crippen LogP contribution is 2.24. The third kappa shape index (κ3) is 5.41. The van der Waals surface area contributed by atoms with Crippen molar-refractivity contribution in [2.75, 3.05) is 32.7 Å². The second-order valence-corrected chi connectivity index (χ2v) is 7.51. The Kier molecular flexibility index (Phi) is 6.99. The van der Waals surface area contributed by atoms with E-state index >= 15 is 0 Å². The maximum Gasteiger partial charge on any atom is 0.227 e. The van der Waals surface area contributed by atoms with Crippen molar-refractivity contribution in [1.82, 2.24) is 9.80 Å². The summed E-state index contributed by atoms with van der Waals surface area (Å²) in [6, 6.07) is 14.4. The van der Waals surface area contributed by atoms with Crippen LogP contribution in [0, 0.1) is 11.7 Å². The van der Waals surface area contributed by atoms with Gasteiger partial charge in [-0.05, 0) is 30.5 Å². The molecular weight excluding hydrogens is 369 g/mol. The minimum Gasteiger partial charge on any atom is -0.370 e. The molecule has 1 aliphatic rings. The van der Waals surface area contributed by atoms with E-state index in [2.05, 4.69) is 4.90 Å². The molecule has 1 aliphatic heterocycles. The number of carbonyl (C=O) groups is 2. The molecule has 2 aromatic carbocycles. The molecule has 0 saturated carbocycles. The highest BCUT2D eigenvalue weighted by molar-refractivity contribution is 5.80. The summed E-state index contributed by atoms with van der Waals surface area (Å²) in [5.74, 6) is -0.604. The van der Waals surface area contributed by atoms with E-state index in [0.29, 0.717) is 44.6 Å². The van der Waals surface area contributed by atoms with Crippen LogP contribution in [0.15, 0.2) is 48.5 Å². The monoisotopic (exact) mass is 397 g/mol. The molecule has 1 unspecified atom stereocenters. The van der Waals surface area contributed by atoms with Crippen LogP contribution in [-0.4, -0.2) is 54.3 Å². The number of hydrogen-bond donors (Lipinski definition) is 1. The Labute approximate surface area is 171 Å². The Balaban J connectivity index is 1.74. The summed E-state index contributed by atoms with van der Waals surface area (Å²) in [6.45, 7) is 5.25. The lowest BCUT2D eigenvalue weighted by Crippen LogP contribution is -2.37. The van der Waals surface area contributed by atoms with Crippen molar-refractivity contribution in [3.8, 4) is 11.1 Å². The predicted molar refractivity (Wildman–Crippen MR) is 112 cm³/mol. The number of likely N-dealkylation sites (N-methyl/N-ethyl adjacent to an activating group) is 1. The van der Waals surface area contributed by atoms with E-state index in [4.69, 9.17) is 5.73 Å². The molecule has 0 bridgehead atoms. The topological polar surface area (TPSA) is 66.6 Å². The molecule has 2 N–H and O–H groups in total. The fourth-order valence-corrected chi connectivity index (χ4v) is 3.85. The SMILES string of the molecule is CCN1CCN(CCC(N)=O)CC(Cc2ccc(-c3ccccc3F)cc2)C1=O. The summed E-state index contributed by atoms with van der Waals surface area (Å²) in [5.41, 5.74) is 7.71. The van der Waals surface area contributed by atoms with Gasteiger partial charge in [0.25, 0.3) is 0 Å². The highest BCUT2D eigenvalue weighted by atomic mass is 19.1. The van der Waals surface area contributed by atoms with Crippen molar-refractivity contribution >= 4 is 11.8 Å². The van der Waals surface area contributed by atoms with Crippen LogP contribution in [0.3, 0.4) is 0 Å². The molecule has 1 heterocycles. The molecule has 154 valence electrons. The summed E-state index contributed by atoms with van der Waals surface area (Å²) < 4.78 is 14.0. The van der Waals surface area contributed by atoms with Crippen LogP contribution >= 0.6 is 0 Å². The van der Waals surface area contributed by atoms with Crippen LogP contribution in [0.5, 0.6) is 0 Å². The molecule has 0 aliphatic carbocycles. The van der Waals surface area contributed by atoms with Crippen molar-refractivity contribution in [1.29, 1.82) is 0 Å². The van der Waals surface area contributed by atoms with E-state index in [1.807, 2.05) is 42.2 Å². The zero-order valence-corrected chi connectivity index (χ0v) is 16.8. The van der Waals surface area contributed by atoms with E-state index in [0.717, 1.165) is 17.7 Å². The first kappa shape index (κ1) is 21.0. The number of benzene rings is 2. The quantitative estimate of drug-likeness (QED) is 0.781. The largest absolute Gasteiger partial charge is 0.370 e. The molecule has 2 aromatic rings. The Hall–Kier alpha value is -2.73. The fraction of sp³-hybridized carbons (Fsp3) is 0.391. The van der Waals surface area contributed by atoms with Gasteiger partial charge in [-0.25, -0.2) is 4.39 Å². The van der Waals surface area contributed by atoms with Gasteiger partial charge in [0, 0.05) is 44.7 Å².